The molecule has 0 saturated carbocycles. The summed E-state index contributed by atoms with van der Waals surface area (Å²) in [6.45, 7) is 12.8. The van der Waals surface area contributed by atoms with Gasteiger partial charge in [-0.1, -0.05) is 51.1 Å². The number of benzene rings is 1. The lowest BCUT2D eigenvalue weighted by atomic mass is 9.96. The third-order valence-corrected chi connectivity index (χ3v) is 5.57. The molecule has 1 aromatic carbocycles. The molecule has 1 aliphatic rings. The molecule has 1 fully saturated rings. The van der Waals surface area contributed by atoms with E-state index < -0.39 is 0 Å². The molecule has 0 N–H and O–H groups in total. The van der Waals surface area contributed by atoms with Crippen LogP contribution in [0.4, 0.5) is 5.82 Å². The summed E-state index contributed by atoms with van der Waals surface area (Å²) in [7, 11) is 0. The first-order valence-electron chi connectivity index (χ1n) is 10.2. The van der Waals surface area contributed by atoms with Gasteiger partial charge >= 0.3 is 0 Å². The quantitative estimate of drug-likeness (QED) is 0.698. The van der Waals surface area contributed by atoms with Crippen LogP contribution in [0.1, 0.15) is 45.5 Å². The zero-order valence-electron chi connectivity index (χ0n) is 17.3. The molecular weight excluding hydrogens is 348 g/mol. The fourth-order valence-electron chi connectivity index (χ4n) is 3.80. The van der Waals surface area contributed by atoms with Gasteiger partial charge in [0.2, 0.25) is 0 Å². The maximum Gasteiger partial charge on any atom is 0.178 e. The summed E-state index contributed by atoms with van der Waals surface area (Å²) in [6.07, 6.45) is 1.13. The third-order valence-electron chi connectivity index (χ3n) is 5.57. The molecule has 0 aliphatic carbocycles. The lowest BCUT2D eigenvalue weighted by molar-refractivity contribution is 0.212. The van der Waals surface area contributed by atoms with E-state index in [2.05, 4.69) is 84.1 Å². The molecule has 1 atom stereocenters. The van der Waals surface area contributed by atoms with Crippen LogP contribution in [0.5, 0.6) is 0 Å². The van der Waals surface area contributed by atoms with Gasteiger partial charge in [0.25, 0.3) is 0 Å². The van der Waals surface area contributed by atoms with Crippen LogP contribution in [0.3, 0.4) is 0 Å². The van der Waals surface area contributed by atoms with Crippen LogP contribution in [0.25, 0.3) is 5.65 Å². The summed E-state index contributed by atoms with van der Waals surface area (Å²) in [6, 6.07) is 15.4. The van der Waals surface area contributed by atoms with Crippen LogP contribution in [-0.2, 0) is 12.0 Å². The van der Waals surface area contributed by atoms with Crippen molar-refractivity contribution >= 4 is 11.5 Å². The van der Waals surface area contributed by atoms with Crippen LogP contribution in [0.15, 0.2) is 42.5 Å². The summed E-state index contributed by atoms with van der Waals surface area (Å²) >= 11 is 0. The minimum Gasteiger partial charge on any atom is -0.354 e. The van der Waals surface area contributed by atoms with Crippen LogP contribution >= 0.6 is 0 Å². The van der Waals surface area contributed by atoms with Gasteiger partial charge in [-0.25, -0.2) is 0 Å². The Labute approximate surface area is 167 Å². The number of hydrogen-bond acceptors (Lipinski definition) is 5. The molecule has 1 aliphatic heterocycles. The SMILES string of the molecule is CC1CCN(c2ccc3nnc(C(C)(C)C)n3n2)CCN1Cc1ccccc1. The molecule has 0 spiro atoms. The number of fused-ring (bicyclic) bond motifs is 1. The van der Waals surface area contributed by atoms with Gasteiger partial charge in [0.1, 0.15) is 5.82 Å². The standard InChI is InChI=1S/C22H30N6/c1-17-12-13-26(14-15-27(17)16-18-8-6-5-7-9-18)20-11-10-19-23-24-21(22(2,3)4)28(19)25-20/h5-11,17H,12-16H2,1-4H3. The van der Waals surface area contributed by atoms with E-state index in [1.54, 1.807) is 0 Å². The molecule has 28 heavy (non-hydrogen) atoms. The number of nitrogens with zero attached hydrogens (tertiary/aromatic N) is 6. The molecule has 4 rings (SSSR count). The lowest BCUT2D eigenvalue weighted by Gasteiger charge is -2.26. The highest BCUT2D eigenvalue weighted by molar-refractivity contribution is 5.46. The Bertz CT molecular complexity index is 927. The van der Waals surface area contributed by atoms with Gasteiger partial charge in [0.05, 0.1) is 0 Å². The minimum absolute atomic E-state index is 0.0924. The Morgan fingerprint density at radius 1 is 0.964 bits per heavy atom. The highest BCUT2D eigenvalue weighted by atomic mass is 15.4. The Morgan fingerprint density at radius 3 is 2.50 bits per heavy atom. The Kier molecular flexibility index (Phi) is 5.06. The molecule has 1 saturated heterocycles. The number of rotatable bonds is 3. The molecule has 6 heteroatoms. The van der Waals surface area contributed by atoms with Crippen molar-refractivity contribution in [1.82, 2.24) is 24.7 Å². The van der Waals surface area contributed by atoms with Crippen molar-refractivity contribution in [1.29, 1.82) is 0 Å². The average molecular weight is 379 g/mol. The number of anilines is 1. The molecular formula is C22H30N6. The van der Waals surface area contributed by atoms with Gasteiger partial charge in [0, 0.05) is 37.6 Å². The zero-order chi connectivity index (χ0) is 19.7. The van der Waals surface area contributed by atoms with Gasteiger partial charge in [-0.3, -0.25) is 4.90 Å². The van der Waals surface area contributed by atoms with E-state index in [0.717, 1.165) is 49.9 Å². The maximum absolute atomic E-state index is 4.90. The van der Waals surface area contributed by atoms with Crippen LogP contribution in [0.2, 0.25) is 0 Å². The van der Waals surface area contributed by atoms with E-state index in [1.807, 2.05) is 10.6 Å². The van der Waals surface area contributed by atoms with Gasteiger partial charge in [0.15, 0.2) is 11.5 Å². The van der Waals surface area contributed by atoms with Crippen molar-refractivity contribution < 1.29 is 0 Å². The third kappa shape index (κ3) is 3.87. The van der Waals surface area contributed by atoms with Crippen molar-refractivity contribution in [3.8, 4) is 0 Å². The monoisotopic (exact) mass is 378 g/mol. The lowest BCUT2D eigenvalue weighted by Crippen LogP contribution is -2.34. The second-order valence-corrected chi connectivity index (χ2v) is 8.82. The fraction of sp³-hybridized carbons (Fsp3) is 0.500. The van der Waals surface area contributed by atoms with Crippen LogP contribution in [-0.4, -0.2) is 50.4 Å². The summed E-state index contributed by atoms with van der Waals surface area (Å²) in [5.74, 6) is 1.91. The molecule has 1 unspecified atom stereocenters. The Balaban J connectivity index is 1.54. The van der Waals surface area contributed by atoms with Gasteiger partial charge in [-0.05, 0) is 31.0 Å². The highest BCUT2D eigenvalue weighted by Gasteiger charge is 2.24. The van der Waals surface area contributed by atoms with Crippen molar-refractivity contribution in [3.05, 3.63) is 53.9 Å². The van der Waals surface area contributed by atoms with Crippen molar-refractivity contribution in [2.24, 2.45) is 0 Å². The second-order valence-electron chi connectivity index (χ2n) is 8.82. The van der Waals surface area contributed by atoms with E-state index >= 15 is 0 Å². The minimum atomic E-state index is -0.0924. The first kappa shape index (κ1) is 18.9. The predicted molar refractivity (Wildman–Crippen MR) is 113 cm³/mol. The van der Waals surface area contributed by atoms with E-state index in [0.29, 0.717) is 6.04 Å². The predicted octanol–water partition coefficient (Wildman–Crippen LogP) is 3.52. The topological polar surface area (TPSA) is 49.6 Å². The first-order valence-corrected chi connectivity index (χ1v) is 10.2. The van der Waals surface area contributed by atoms with Crippen molar-refractivity contribution in [2.75, 3.05) is 24.5 Å². The molecule has 3 heterocycles. The molecule has 0 radical (unpaired) electrons. The molecule has 0 amide bonds. The summed E-state index contributed by atoms with van der Waals surface area (Å²) in [4.78, 5) is 4.97. The van der Waals surface area contributed by atoms with E-state index in [-0.39, 0.29) is 5.41 Å². The number of hydrogen-bond donors (Lipinski definition) is 0. The fourth-order valence-corrected chi connectivity index (χ4v) is 3.80. The summed E-state index contributed by atoms with van der Waals surface area (Å²) in [5.41, 5.74) is 2.09. The van der Waals surface area contributed by atoms with Gasteiger partial charge in [-0.15, -0.1) is 15.3 Å². The molecule has 148 valence electrons. The Morgan fingerprint density at radius 2 is 1.75 bits per heavy atom. The summed E-state index contributed by atoms with van der Waals surface area (Å²) in [5, 5.41) is 13.6. The Hall–Kier alpha value is -2.47. The normalized spacial score (nSPS) is 19.1. The van der Waals surface area contributed by atoms with Crippen LogP contribution < -0.4 is 4.90 Å². The average Bonchev–Trinajstić information content (AvgIpc) is 3.03. The number of aromatic nitrogens is 4. The zero-order valence-corrected chi connectivity index (χ0v) is 17.3. The second kappa shape index (κ2) is 7.51. The molecule has 6 nitrogen and oxygen atoms in total. The summed E-state index contributed by atoms with van der Waals surface area (Å²) < 4.78 is 1.91. The first-order chi connectivity index (χ1) is 13.4. The molecule has 2 aromatic heterocycles. The van der Waals surface area contributed by atoms with Crippen LogP contribution in [0, 0.1) is 0 Å². The maximum atomic E-state index is 4.90. The van der Waals surface area contributed by atoms with E-state index in [1.165, 1.54) is 5.56 Å². The van der Waals surface area contributed by atoms with E-state index in [4.69, 9.17) is 5.10 Å². The highest BCUT2D eigenvalue weighted by Crippen LogP contribution is 2.23. The van der Waals surface area contributed by atoms with Gasteiger partial charge < -0.3 is 4.90 Å². The van der Waals surface area contributed by atoms with E-state index in [9.17, 15) is 0 Å². The smallest absolute Gasteiger partial charge is 0.178 e. The van der Waals surface area contributed by atoms with Gasteiger partial charge in [-0.2, -0.15) is 4.52 Å². The largest absolute Gasteiger partial charge is 0.354 e. The molecule has 3 aromatic rings. The molecule has 0 bridgehead atoms. The van der Waals surface area contributed by atoms with Crippen molar-refractivity contribution in [3.63, 3.8) is 0 Å². The van der Waals surface area contributed by atoms with Crippen molar-refractivity contribution in [2.45, 2.75) is 52.1 Å².